The highest BCUT2D eigenvalue weighted by atomic mass is 16.3. The van der Waals surface area contributed by atoms with Gasteiger partial charge < -0.3 is 14.2 Å². The highest BCUT2D eigenvalue weighted by Crippen LogP contribution is 2.39. The van der Waals surface area contributed by atoms with Gasteiger partial charge in [-0.05, 0) is 144 Å². The molecule has 0 spiro atoms. The second-order valence-corrected chi connectivity index (χ2v) is 12.9. The van der Waals surface area contributed by atoms with E-state index in [-0.39, 0.29) is 0 Å². The maximum atomic E-state index is 6.45. The van der Waals surface area contributed by atoms with Crippen LogP contribution < -0.4 is 9.80 Å². The fourth-order valence-corrected chi connectivity index (χ4v) is 6.74. The highest BCUT2D eigenvalue weighted by Gasteiger charge is 2.16. The van der Waals surface area contributed by atoms with Gasteiger partial charge in [0.25, 0.3) is 0 Å². The minimum absolute atomic E-state index is 0.796. The first kappa shape index (κ1) is 33.2. The lowest BCUT2D eigenvalue weighted by Gasteiger charge is -2.25. The lowest BCUT2D eigenvalue weighted by molar-refractivity contribution is 0.597. The normalized spacial score (nSPS) is 10.9. The topological polar surface area (TPSA) is 71.2 Å². The smallest absolute Gasteiger partial charge is 0.134 e. The third-order valence-electron chi connectivity index (χ3n) is 9.48. The van der Waals surface area contributed by atoms with Crippen molar-refractivity contribution < 1.29 is 4.42 Å². The van der Waals surface area contributed by atoms with Gasteiger partial charge in [-0.15, -0.1) is 0 Å². The van der Waals surface area contributed by atoms with Crippen LogP contribution in [0.5, 0.6) is 0 Å². The molecule has 4 aromatic carbocycles. The minimum atomic E-state index is 0.796. The van der Waals surface area contributed by atoms with Crippen LogP contribution in [0.1, 0.15) is 0 Å². The molecule has 0 N–H and O–H groups in total. The Bertz CT molecular complexity index is 2410. The van der Waals surface area contributed by atoms with Gasteiger partial charge in [0.05, 0.1) is 23.8 Å². The molecule has 0 amide bonds. The van der Waals surface area contributed by atoms with Crippen LogP contribution in [0.2, 0.25) is 0 Å². The Hall–Kier alpha value is -7.64. The van der Waals surface area contributed by atoms with Crippen molar-refractivity contribution in [1.82, 2.24) is 19.9 Å². The summed E-state index contributed by atoms with van der Waals surface area (Å²) in [6, 6.07) is 54.0. The molecule has 0 unspecified atom stereocenters. The van der Waals surface area contributed by atoms with Gasteiger partial charge in [-0.2, -0.15) is 0 Å². The molecule has 0 saturated carbocycles. The molecular formula is C48H34N6O. The summed E-state index contributed by atoms with van der Waals surface area (Å²) >= 11 is 0. The fraction of sp³-hybridized carbons (Fsp3) is 0. The monoisotopic (exact) mass is 710 g/mol. The van der Waals surface area contributed by atoms with E-state index in [1.807, 2.05) is 61.2 Å². The van der Waals surface area contributed by atoms with Crippen LogP contribution in [-0.2, 0) is 0 Å². The molecule has 0 fully saturated rings. The number of furan rings is 1. The Morgan fingerprint density at radius 2 is 0.600 bits per heavy atom. The summed E-state index contributed by atoms with van der Waals surface area (Å²) in [5.74, 6) is 1.59. The molecule has 0 saturated heterocycles. The van der Waals surface area contributed by atoms with Gasteiger partial charge in [0.15, 0.2) is 0 Å². The van der Waals surface area contributed by atoms with Crippen LogP contribution in [0.25, 0.3) is 44.9 Å². The van der Waals surface area contributed by atoms with Crippen molar-refractivity contribution >= 4 is 34.1 Å². The number of benzene rings is 4. The second kappa shape index (κ2) is 15.1. The third kappa shape index (κ3) is 7.10. The van der Waals surface area contributed by atoms with E-state index < -0.39 is 0 Å². The van der Waals surface area contributed by atoms with Gasteiger partial charge in [-0.3, -0.25) is 19.9 Å². The van der Waals surface area contributed by atoms with E-state index in [9.17, 15) is 0 Å². The molecule has 5 aromatic heterocycles. The Kier molecular flexibility index (Phi) is 9.15. The molecule has 7 nitrogen and oxygen atoms in total. The van der Waals surface area contributed by atoms with Crippen LogP contribution in [-0.4, -0.2) is 19.9 Å². The summed E-state index contributed by atoms with van der Waals surface area (Å²) in [5, 5.41) is 0. The largest absolute Gasteiger partial charge is 0.456 e. The SMILES string of the molecule is c1cncc(-c2ccc(N(c3ccc(-c4ccc(-c5ccc(N(c6ccc(-c7cccnc7)cc6)c6cccnc6)cc5)o4)cc3)c3cccnc3)cc2)c1. The first-order valence-electron chi connectivity index (χ1n) is 18.0. The molecular weight excluding hydrogens is 677 g/mol. The minimum Gasteiger partial charge on any atom is -0.456 e. The molecule has 0 radical (unpaired) electrons. The number of pyridine rings is 4. The molecule has 0 atom stereocenters. The van der Waals surface area contributed by atoms with Crippen molar-refractivity contribution in [1.29, 1.82) is 0 Å². The Morgan fingerprint density at radius 3 is 0.909 bits per heavy atom. The predicted octanol–water partition coefficient (Wildman–Crippen LogP) is 12.5. The van der Waals surface area contributed by atoms with Gasteiger partial charge in [0, 0.05) is 71.1 Å². The van der Waals surface area contributed by atoms with Gasteiger partial charge >= 0.3 is 0 Å². The van der Waals surface area contributed by atoms with Crippen molar-refractivity contribution in [3.05, 3.63) is 207 Å². The van der Waals surface area contributed by atoms with Gasteiger partial charge in [-0.25, -0.2) is 0 Å². The maximum Gasteiger partial charge on any atom is 0.134 e. The molecule has 0 aliphatic carbocycles. The van der Waals surface area contributed by atoms with Gasteiger partial charge in [0.2, 0.25) is 0 Å². The van der Waals surface area contributed by atoms with Crippen molar-refractivity contribution in [2.24, 2.45) is 0 Å². The summed E-state index contributed by atoms with van der Waals surface area (Å²) in [5.41, 5.74) is 12.4. The molecule has 0 bridgehead atoms. The number of rotatable bonds is 10. The summed E-state index contributed by atoms with van der Waals surface area (Å²) in [7, 11) is 0. The molecule has 55 heavy (non-hydrogen) atoms. The van der Waals surface area contributed by atoms with E-state index >= 15 is 0 Å². The average molecular weight is 711 g/mol. The van der Waals surface area contributed by atoms with Gasteiger partial charge in [-0.1, -0.05) is 36.4 Å². The fourth-order valence-electron chi connectivity index (χ4n) is 6.74. The average Bonchev–Trinajstić information content (AvgIpc) is 3.77. The first-order valence-corrected chi connectivity index (χ1v) is 18.0. The quantitative estimate of drug-likeness (QED) is 0.140. The van der Waals surface area contributed by atoms with Crippen LogP contribution in [0.3, 0.4) is 0 Å². The molecule has 0 aliphatic heterocycles. The lowest BCUT2D eigenvalue weighted by atomic mass is 10.1. The van der Waals surface area contributed by atoms with Crippen LogP contribution in [0, 0.1) is 0 Å². The van der Waals surface area contributed by atoms with Crippen molar-refractivity contribution in [3.63, 3.8) is 0 Å². The van der Waals surface area contributed by atoms with Gasteiger partial charge in [0.1, 0.15) is 11.5 Å². The van der Waals surface area contributed by atoms with Crippen molar-refractivity contribution in [3.8, 4) is 44.9 Å². The van der Waals surface area contributed by atoms with E-state index in [1.54, 1.807) is 24.8 Å². The van der Waals surface area contributed by atoms with Crippen LogP contribution in [0.4, 0.5) is 34.1 Å². The Labute approximate surface area is 319 Å². The molecule has 262 valence electrons. The summed E-state index contributed by atoms with van der Waals surface area (Å²) in [4.78, 5) is 21.8. The zero-order valence-corrected chi connectivity index (χ0v) is 29.7. The molecule has 9 aromatic rings. The summed E-state index contributed by atoms with van der Waals surface area (Å²) in [6.07, 6.45) is 14.7. The van der Waals surface area contributed by atoms with Crippen molar-refractivity contribution in [2.75, 3.05) is 9.80 Å². The Morgan fingerprint density at radius 1 is 0.273 bits per heavy atom. The number of hydrogen-bond acceptors (Lipinski definition) is 7. The van der Waals surface area contributed by atoms with Crippen molar-refractivity contribution in [2.45, 2.75) is 0 Å². The van der Waals surface area contributed by atoms with E-state index in [0.29, 0.717) is 0 Å². The zero-order valence-electron chi connectivity index (χ0n) is 29.7. The molecule has 9 rings (SSSR count). The number of hydrogen-bond donors (Lipinski definition) is 0. The van der Waals surface area contributed by atoms with Crippen LogP contribution >= 0.6 is 0 Å². The number of nitrogens with zero attached hydrogens (tertiary/aromatic N) is 6. The Balaban J connectivity index is 0.962. The number of aromatic nitrogens is 4. The third-order valence-corrected chi connectivity index (χ3v) is 9.48. The lowest BCUT2D eigenvalue weighted by Crippen LogP contribution is -2.10. The summed E-state index contributed by atoms with van der Waals surface area (Å²) < 4.78 is 6.45. The maximum absolute atomic E-state index is 6.45. The standard InChI is InChI=1S/C48H34N6O/c1-5-39(31-49-27-1)35-9-17-41(18-10-35)53(45-7-3-29-51-33-45)43-21-13-37(14-22-43)47-25-26-48(55-47)38-15-23-44(24-16-38)54(46-8-4-30-52-34-46)42-19-11-36(12-20-42)40-6-2-28-50-32-40/h1-34H. The van der Waals surface area contributed by atoms with E-state index in [1.165, 1.54) is 0 Å². The molecule has 0 aliphatic rings. The predicted molar refractivity (Wildman–Crippen MR) is 221 cm³/mol. The summed E-state index contributed by atoms with van der Waals surface area (Å²) in [6.45, 7) is 0. The molecule has 5 heterocycles. The molecule has 7 heteroatoms. The highest BCUT2D eigenvalue weighted by molar-refractivity contribution is 5.81. The van der Waals surface area contributed by atoms with E-state index in [4.69, 9.17) is 4.42 Å². The number of anilines is 6. The second-order valence-electron chi connectivity index (χ2n) is 12.9. The van der Waals surface area contributed by atoms with E-state index in [0.717, 1.165) is 79.0 Å². The first-order chi connectivity index (χ1) is 27.3. The van der Waals surface area contributed by atoms with E-state index in [2.05, 4.69) is 151 Å². The van der Waals surface area contributed by atoms with Crippen LogP contribution in [0.15, 0.2) is 212 Å². The zero-order chi connectivity index (χ0) is 36.8.